The lowest BCUT2D eigenvalue weighted by molar-refractivity contribution is -0.157. The van der Waals surface area contributed by atoms with Crippen LogP contribution in [0.1, 0.15) is 20.3 Å². The Hall–Kier alpha value is -1.81. The maximum atomic E-state index is 13.2. The van der Waals surface area contributed by atoms with Crippen LogP contribution in [0.25, 0.3) is 0 Å². The van der Waals surface area contributed by atoms with Gasteiger partial charge in [-0.25, -0.2) is 4.79 Å². The van der Waals surface area contributed by atoms with Crippen molar-refractivity contribution >= 4 is 33.1 Å². The van der Waals surface area contributed by atoms with Crippen molar-refractivity contribution in [3.63, 3.8) is 0 Å². The third-order valence-electron chi connectivity index (χ3n) is 5.22. The Morgan fingerprint density at radius 2 is 1.84 bits per heavy atom. The third-order valence-corrected chi connectivity index (χ3v) is 9.99. The number of carbonyl (C=O) groups is 4. The van der Waals surface area contributed by atoms with E-state index in [1.165, 1.54) is 21.7 Å². The van der Waals surface area contributed by atoms with E-state index < -0.39 is 43.3 Å². The van der Waals surface area contributed by atoms with Gasteiger partial charge < -0.3 is 24.9 Å². The van der Waals surface area contributed by atoms with Gasteiger partial charge in [0.15, 0.2) is 0 Å². The Morgan fingerprint density at radius 3 is 2.20 bits per heavy atom. The zero-order chi connectivity index (χ0) is 19.3. The number of amides is 3. The van der Waals surface area contributed by atoms with Crippen LogP contribution in [-0.2, 0) is 14.4 Å². The van der Waals surface area contributed by atoms with Gasteiger partial charge in [-0.15, -0.1) is 10.0 Å². The number of aliphatic hydroxyl groups is 1. The average molecular weight is 375 g/mol. The number of likely N-dealkylation sites (N-methyl/N-ethyl adjacent to an activating group) is 2. The quantitative estimate of drug-likeness (QED) is 0.651. The normalized spacial score (nSPS) is 32.2. The fourth-order valence-electron chi connectivity index (χ4n) is 3.68. The first kappa shape index (κ1) is 19.5. The summed E-state index contributed by atoms with van der Waals surface area (Å²) in [6.07, 6.45) is 0.0459. The Kier molecular flexibility index (Phi) is 4.81. The van der Waals surface area contributed by atoms with E-state index in [4.69, 9.17) is 0 Å². The molecule has 2 heterocycles. The summed E-state index contributed by atoms with van der Waals surface area (Å²) in [6, 6.07) is -1.16. The molecule has 2 fully saturated rings. The molecule has 0 aromatic rings. The van der Waals surface area contributed by atoms with Gasteiger partial charge in [0.05, 0.1) is 17.7 Å². The van der Waals surface area contributed by atoms with Crippen LogP contribution in [0.4, 0.5) is 4.79 Å². The van der Waals surface area contributed by atoms with E-state index in [0.29, 0.717) is 0 Å². The Morgan fingerprint density at radius 1 is 1.28 bits per heavy atom. The molecular weight excluding hydrogens is 350 g/mol. The van der Waals surface area contributed by atoms with Gasteiger partial charge in [-0.2, -0.15) is 0 Å². The maximum Gasteiger partial charge on any atom is 0.327 e. The number of carbonyl (C=O) groups excluding carboxylic acids is 3. The van der Waals surface area contributed by atoms with Crippen molar-refractivity contribution in [2.75, 3.05) is 33.6 Å². The number of carboxylic acid groups (broad SMARTS) is 1. The highest BCUT2D eigenvalue weighted by Crippen LogP contribution is 2.73. The predicted octanol–water partition coefficient (Wildman–Crippen LogP) is -0.315. The average Bonchev–Trinajstić information content (AvgIpc) is 2.67. The molecule has 0 radical (unpaired) electrons. The van der Waals surface area contributed by atoms with E-state index in [9.17, 15) is 29.4 Å². The largest absolute Gasteiger partial charge is 0.480 e. The van der Waals surface area contributed by atoms with Crippen LogP contribution in [0.5, 0.6) is 0 Å². The number of β-lactam (4-membered cyclic amide) rings is 1. The van der Waals surface area contributed by atoms with Crippen LogP contribution in [0.3, 0.4) is 0 Å². The van der Waals surface area contributed by atoms with Crippen molar-refractivity contribution in [1.82, 2.24) is 14.7 Å². The van der Waals surface area contributed by atoms with Crippen LogP contribution >= 0.6 is 10.0 Å². The number of aliphatic hydroxyl groups excluding tert-OH is 1. The van der Waals surface area contributed by atoms with Gasteiger partial charge in [0, 0.05) is 25.9 Å². The number of hydrogen-bond donors (Lipinski definition) is 2. The van der Waals surface area contributed by atoms with Gasteiger partial charge in [-0.05, 0) is 13.8 Å². The van der Waals surface area contributed by atoms with Crippen LogP contribution < -0.4 is 0 Å². The first-order valence-corrected chi connectivity index (χ1v) is 9.69. The molecule has 9 nitrogen and oxygen atoms in total. The van der Waals surface area contributed by atoms with Crippen LogP contribution in [0, 0.1) is 0 Å². The molecule has 142 valence electrons. The molecule has 0 bridgehead atoms. The highest BCUT2D eigenvalue weighted by Gasteiger charge is 2.71. The number of nitrogens with zero attached hydrogens (tertiary/aromatic N) is 3. The minimum Gasteiger partial charge on any atom is -0.480 e. The molecule has 0 saturated carbocycles. The summed E-state index contributed by atoms with van der Waals surface area (Å²) in [5, 5.41) is 18.7. The van der Waals surface area contributed by atoms with Crippen molar-refractivity contribution in [2.24, 2.45) is 0 Å². The number of carboxylic acids is 1. The highest BCUT2D eigenvalue weighted by molar-refractivity contribution is 8.46. The van der Waals surface area contributed by atoms with Crippen LogP contribution in [0.2, 0.25) is 0 Å². The third kappa shape index (κ3) is 2.50. The monoisotopic (exact) mass is 375 g/mol. The summed E-state index contributed by atoms with van der Waals surface area (Å²) in [4.78, 5) is 52.7. The summed E-state index contributed by atoms with van der Waals surface area (Å²) in [5.41, 5.74) is 0. The standard InChI is InChI=1S/C15H25N3O6S/c1-15(2)12(13(22)23)18-9(20)6-11(18)25(15,8-19)14(24)17(5)7-10(21)16(3)4/h11-12,19H,6-8H2,1-5H3,(H,22,23)/t11-,12+/m1/s1. The second-order valence-electron chi connectivity index (χ2n) is 7.14. The predicted molar refractivity (Wildman–Crippen MR) is 92.2 cm³/mol. The number of fused-ring (bicyclic) bond motifs is 1. The molecule has 3 atom stereocenters. The van der Waals surface area contributed by atoms with E-state index in [1.807, 2.05) is 0 Å². The topological polar surface area (TPSA) is 118 Å². The summed E-state index contributed by atoms with van der Waals surface area (Å²) >= 11 is 0. The molecule has 0 aromatic carbocycles. The minimum absolute atomic E-state index is 0.0459. The molecule has 0 aromatic heterocycles. The Labute approximate surface area is 147 Å². The zero-order valence-electron chi connectivity index (χ0n) is 15.1. The summed E-state index contributed by atoms with van der Waals surface area (Å²) in [6.45, 7) is 3.06. The Balaban J connectivity index is 2.44. The maximum absolute atomic E-state index is 13.2. The smallest absolute Gasteiger partial charge is 0.327 e. The van der Waals surface area contributed by atoms with Crippen LogP contribution in [-0.4, -0.2) is 97.7 Å². The minimum atomic E-state index is -2.60. The lowest BCUT2D eigenvalue weighted by Crippen LogP contribution is -2.57. The molecule has 2 saturated heterocycles. The van der Waals surface area contributed by atoms with Crippen molar-refractivity contribution in [3.05, 3.63) is 0 Å². The number of aliphatic carboxylic acids is 1. The molecule has 3 amide bonds. The summed E-state index contributed by atoms with van der Waals surface area (Å²) in [7, 11) is 2.00. The van der Waals surface area contributed by atoms with Gasteiger partial charge in [0.2, 0.25) is 11.8 Å². The molecule has 25 heavy (non-hydrogen) atoms. The zero-order valence-corrected chi connectivity index (χ0v) is 15.9. The molecule has 1 unspecified atom stereocenters. The first-order valence-electron chi connectivity index (χ1n) is 7.83. The van der Waals surface area contributed by atoms with Crippen LogP contribution in [0.15, 0.2) is 0 Å². The fourth-order valence-corrected chi connectivity index (χ4v) is 7.97. The van der Waals surface area contributed by atoms with E-state index in [-0.39, 0.29) is 24.8 Å². The van der Waals surface area contributed by atoms with Crippen molar-refractivity contribution in [1.29, 1.82) is 0 Å². The second-order valence-corrected chi connectivity index (χ2v) is 10.9. The molecule has 10 heteroatoms. The van der Waals surface area contributed by atoms with Gasteiger partial charge in [0.25, 0.3) is 5.24 Å². The highest BCUT2D eigenvalue weighted by atomic mass is 32.3. The Bertz CT molecular complexity index is 637. The van der Waals surface area contributed by atoms with E-state index in [2.05, 4.69) is 0 Å². The second kappa shape index (κ2) is 6.17. The molecule has 0 aliphatic carbocycles. The SMILES string of the molecule is CN(C)C(=O)CN(C)C(=O)S1(CO)[C@@H]2CC(=O)N2[C@@H](C(=O)O)C1(C)C. The number of rotatable bonds is 4. The summed E-state index contributed by atoms with van der Waals surface area (Å²) in [5.74, 6) is -2.31. The van der Waals surface area contributed by atoms with Gasteiger partial charge in [-0.3, -0.25) is 14.4 Å². The molecule has 2 N–H and O–H groups in total. The lowest BCUT2D eigenvalue weighted by atomic mass is 9.98. The molecule has 2 rings (SSSR count). The molecule has 0 spiro atoms. The van der Waals surface area contributed by atoms with Gasteiger partial charge in [0.1, 0.15) is 12.6 Å². The summed E-state index contributed by atoms with van der Waals surface area (Å²) < 4.78 is -1.11. The molecule has 2 aliphatic rings. The van der Waals surface area contributed by atoms with Crippen molar-refractivity contribution in [2.45, 2.75) is 36.4 Å². The van der Waals surface area contributed by atoms with Gasteiger partial charge >= 0.3 is 5.97 Å². The van der Waals surface area contributed by atoms with Crippen molar-refractivity contribution in [3.8, 4) is 0 Å². The fraction of sp³-hybridized carbons (Fsp3) is 0.733. The molecular formula is C15H25N3O6S. The van der Waals surface area contributed by atoms with E-state index >= 15 is 0 Å². The number of hydrogen-bond acceptors (Lipinski definition) is 5. The van der Waals surface area contributed by atoms with E-state index in [1.54, 1.807) is 27.9 Å². The van der Waals surface area contributed by atoms with Crippen molar-refractivity contribution < 1.29 is 29.4 Å². The lowest BCUT2D eigenvalue weighted by Gasteiger charge is -2.50. The van der Waals surface area contributed by atoms with Gasteiger partial charge in [-0.1, -0.05) is 0 Å². The molecule has 2 aliphatic heterocycles. The first-order chi connectivity index (χ1) is 11.4. The van der Waals surface area contributed by atoms with E-state index in [0.717, 1.165) is 0 Å².